The second-order valence-corrected chi connectivity index (χ2v) is 6.89. The van der Waals surface area contributed by atoms with Crippen LogP contribution in [0, 0.1) is 0 Å². The maximum absolute atomic E-state index is 12.7. The summed E-state index contributed by atoms with van der Waals surface area (Å²) in [6.45, 7) is -1.00. The molecular formula is C20H24F2IN7O. The predicted octanol–water partition coefficient (Wildman–Crippen LogP) is 2.89. The van der Waals surface area contributed by atoms with E-state index in [1.807, 2.05) is 39.8 Å². The average molecular weight is 543 g/mol. The minimum Gasteiger partial charge on any atom is -0.433 e. The van der Waals surface area contributed by atoms with Gasteiger partial charge in [0.25, 0.3) is 0 Å². The van der Waals surface area contributed by atoms with Gasteiger partial charge in [-0.2, -0.15) is 8.78 Å². The summed E-state index contributed by atoms with van der Waals surface area (Å²) in [6, 6.07) is 12.7. The Labute approximate surface area is 195 Å². The molecule has 4 rings (SSSR count). The van der Waals surface area contributed by atoms with Gasteiger partial charge in [-0.15, -0.1) is 34.2 Å². The Kier molecular flexibility index (Phi) is 7.82. The molecule has 0 aliphatic carbocycles. The molecule has 0 spiro atoms. The number of benzene rings is 1. The molecule has 31 heavy (non-hydrogen) atoms. The van der Waals surface area contributed by atoms with Crippen molar-refractivity contribution in [2.75, 3.05) is 25.0 Å². The number of nitrogens with zero attached hydrogens (tertiary/aromatic N) is 5. The molecule has 8 nitrogen and oxygen atoms in total. The Morgan fingerprint density at radius 1 is 1.23 bits per heavy atom. The van der Waals surface area contributed by atoms with Gasteiger partial charge in [-0.1, -0.05) is 18.2 Å². The molecule has 0 saturated carbocycles. The third-order valence-corrected chi connectivity index (χ3v) is 4.97. The normalized spacial score (nSPS) is 16.5. The molecule has 2 aromatic heterocycles. The van der Waals surface area contributed by atoms with Gasteiger partial charge in [0.05, 0.1) is 12.2 Å². The number of para-hydroxylation sites is 2. The van der Waals surface area contributed by atoms with E-state index in [1.165, 1.54) is 0 Å². The number of hydrogen-bond donors (Lipinski definition) is 2. The fourth-order valence-corrected chi connectivity index (χ4v) is 3.57. The van der Waals surface area contributed by atoms with E-state index in [1.54, 1.807) is 25.2 Å². The summed E-state index contributed by atoms with van der Waals surface area (Å²) in [4.78, 5) is 6.32. The topological polar surface area (TPSA) is 79.1 Å². The van der Waals surface area contributed by atoms with Crippen LogP contribution < -0.4 is 20.3 Å². The first-order valence-electron chi connectivity index (χ1n) is 9.68. The highest BCUT2D eigenvalue weighted by Gasteiger charge is 2.26. The fraction of sp³-hybridized carbons (Fsp3) is 0.350. The Morgan fingerprint density at radius 3 is 2.84 bits per heavy atom. The summed E-state index contributed by atoms with van der Waals surface area (Å²) in [5.74, 6) is 1.61. The zero-order valence-electron chi connectivity index (χ0n) is 16.9. The van der Waals surface area contributed by atoms with Crippen LogP contribution in [0.1, 0.15) is 12.2 Å². The minimum absolute atomic E-state index is 0. The molecule has 1 aromatic carbocycles. The second kappa shape index (κ2) is 10.6. The van der Waals surface area contributed by atoms with Gasteiger partial charge in [0.2, 0.25) is 0 Å². The smallest absolute Gasteiger partial charge is 0.387 e. The molecule has 0 bridgehead atoms. The summed E-state index contributed by atoms with van der Waals surface area (Å²) in [5, 5.41) is 15.0. The maximum Gasteiger partial charge on any atom is 0.387 e. The lowest BCUT2D eigenvalue weighted by Gasteiger charge is -2.22. The van der Waals surface area contributed by atoms with E-state index in [0.29, 0.717) is 24.7 Å². The van der Waals surface area contributed by atoms with Crippen molar-refractivity contribution >= 4 is 41.3 Å². The number of pyridine rings is 1. The summed E-state index contributed by atoms with van der Waals surface area (Å²) in [6.07, 6.45) is 2.76. The zero-order valence-corrected chi connectivity index (χ0v) is 19.2. The number of fused-ring (bicyclic) bond motifs is 1. The van der Waals surface area contributed by atoms with Gasteiger partial charge >= 0.3 is 6.61 Å². The molecule has 3 aromatic rings. The van der Waals surface area contributed by atoms with E-state index in [2.05, 4.69) is 30.6 Å². The Balaban J connectivity index is 0.00000272. The number of nitrogens with one attached hydrogen (secondary N) is 2. The third kappa shape index (κ3) is 5.51. The number of rotatable bonds is 6. The summed E-state index contributed by atoms with van der Waals surface area (Å²) in [7, 11) is 1.70. The van der Waals surface area contributed by atoms with Crippen molar-refractivity contribution in [2.24, 2.45) is 4.99 Å². The second-order valence-electron chi connectivity index (χ2n) is 6.89. The van der Waals surface area contributed by atoms with Crippen LogP contribution in [0.4, 0.5) is 14.5 Å². The van der Waals surface area contributed by atoms with Crippen molar-refractivity contribution in [1.29, 1.82) is 0 Å². The van der Waals surface area contributed by atoms with Gasteiger partial charge in [-0.25, -0.2) is 0 Å². The summed E-state index contributed by atoms with van der Waals surface area (Å²) in [5.41, 5.74) is 1.45. The number of halogens is 3. The van der Waals surface area contributed by atoms with Crippen LogP contribution in [-0.2, 0) is 6.54 Å². The van der Waals surface area contributed by atoms with Crippen LogP contribution in [-0.4, -0.2) is 53.3 Å². The molecular weight excluding hydrogens is 519 g/mol. The van der Waals surface area contributed by atoms with E-state index in [4.69, 9.17) is 0 Å². The van der Waals surface area contributed by atoms with Crippen LogP contribution in [0.5, 0.6) is 5.75 Å². The third-order valence-electron chi connectivity index (χ3n) is 4.97. The van der Waals surface area contributed by atoms with Crippen molar-refractivity contribution in [3.8, 4) is 5.75 Å². The summed E-state index contributed by atoms with van der Waals surface area (Å²) >= 11 is 0. The van der Waals surface area contributed by atoms with Gasteiger partial charge in [-0.3, -0.25) is 9.39 Å². The van der Waals surface area contributed by atoms with Crippen LogP contribution in [0.25, 0.3) is 5.65 Å². The quantitative estimate of drug-likeness (QED) is 0.283. The largest absolute Gasteiger partial charge is 0.433 e. The maximum atomic E-state index is 12.7. The van der Waals surface area contributed by atoms with Gasteiger partial charge in [0.1, 0.15) is 5.75 Å². The van der Waals surface area contributed by atoms with E-state index < -0.39 is 6.61 Å². The van der Waals surface area contributed by atoms with Gasteiger partial charge in [0.15, 0.2) is 17.4 Å². The number of aromatic nitrogens is 3. The highest BCUT2D eigenvalue weighted by atomic mass is 127. The van der Waals surface area contributed by atoms with Crippen LogP contribution in [0.3, 0.4) is 0 Å². The number of aliphatic imine (C=N–C) groups is 1. The van der Waals surface area contributed by atoms with E-state index in [-0.39, 0.29) is 35.8 Å². The van der Waals surface area contributed by atoms with Crippen molar-refractivity contribution in [3.63, 3.8) is 0 Å². The molecule has 0 radical (unpaired) electrons. The number of ether oxygens (including phenoxy) is 1. The Morgan fingerprint density at radius 2 is 2.03 bits per heavy atom. The molecule has 166 valence electrons. The Bertz CT molecular complexity index is 1030. The molecule has 0 amide bonds. The lowest BCUT2D eigenvalue weighted by molar-refractivity contribution is -0.0495. The molecule has 1 unspecified atom stereocenters. The van der Waals surface area contributed by atoms with Gasteiger partial charge in [-0.05, 0) is 30.7 Å². The van der Waals surface area contributed by atoms with Gasteiger partial charge < -0.3 is 20.3 Å². The van der Waals surface area contributed by atoms with Gasteiger partial charge in [0, 0.05) is 32.4 Å². The molecule has 2 N–H and O–H groups in total. The van der Waals surface area contributed by atoms with Crippen molar-refractivity contribution in [2.45, 2.75) is 25.6 Å². The average Bonchev–Trinajstić information content (AvgIpc) is 3.38. The Hall–Kier alpha value is -2.70. The molecule has 1 atom stereocenters. The first-order chi connectivity index (χ1) is 14.6. The minimum atomic E-state index is -2.85. The van der Waals surface area contributed by atoms with Crippen LogP contribution >= 0.6 is 24.0 Å². The summed E-state index contributed by atoms with van der Waals surface area (Å²) < 4.78 is 32.0. The van der Waals surface area contributed by atoms with E-state index >= 15 is 0 Å². The first kappa shape index (κ1) is 23.0. The molecule has 11 heteroatoms. The lowest BCUT2D eigenvalue weighted by atomic mass is 10.2. The molecule has 1 saturated heterocycles. The SMILES string of the molecule is CN=C(NCc1nnc2ccccn12)NC1CCN(c2ccccc2OC(F)F)C1.I. The van der Waals surface area contributed by atoms with Crippen molar-refractivity contribution < 1.29 is 13.5 Å². The van der Waals surface area contributed by atoms with E-state index in [9.17, 15) is 8.78 Å². The number of anilines is 1. The molecule has 1 fully saturated rings. The number of guanidine groups is 1. The first-order valence-corrected chi connectivity index (χ1v) is 9.68. The van der Waals surface area contributed by atoms with Crippen LogP contribution in [0.2, 0.25) is 0 Å². The standard InChI is InChI=1S/C20H23F2N7O.HI/c1-23-20(24-12-18-27-26-17-8-4-5-10-29(17)18)25-14-9-11-28(13-14)15-6-2-3-7-16(15)30-19(21)22;/h2-8,10,14,19H,9,11-13H2,1H3,(H2,23,24,25);1H. The zero-order chi connectivity index (χ0) is 20.9. The van der Waals surface area contributed by atoms with Crippen molar-refractivity contribution in [3.05, 3.63) is 54.5 Å². The van der Waals surface area contributed by atoms with Crippen LogP contribution in [0.15, 0.2) is 53.7 Å². The predicted molar refractivity (Wildman–Crippen MR) is 125 cm³/mol. The highest BCUT2D eigenvalue weighted by Crippen LogP contribution is 2.31. The molecule has 3 heterocycles. The van der Waals surface area contributed by atoms with E-state index in [0.717, 1.165) is 24.4 Å². The molecule has 1 aliphatic rings. The molecule has 1 aliphatic heterocycles. The fourth-order valence-electron chi connectivity index (χ4n) is 3.57. The van der Waals surface area contributed by atoms with Crippen molar-refractivity contribution in [1.82, 2.24) is 25.2 Å². The lowest BCUT2D eigenvalue weighted by Crippen LogP contribution is -2.44. The number of alkyl halides is 2. The highest BCUT2D eigenvalue weighted by molar-refractivity contribution is 14.0. The monoisotopic (exact) mass is 543 g/mol. The number of hydrogen-bond acceptors (Lipinski definition) is 5.